The molecule has 0 radical (unpaired) electrons. The molecule has 1 aliphatic heterocycles. The molecule has 102 valence electrons. The normalized spacial score (nSPS) is 19.2. The van der Waals surface area contributed by atoms with Gasteiger partial charge in [0.25, 0.3) is 5.91 Å². The Balaban J connectivity index is 2.14. The second-order valence-electron chi connectivity index (χ2n) is 4.82. The lowest BCUT2D eigenvalue weighted by Crippen LogP contribution is -2.47. The van der Waals surface area contributed by atoms with E-state index in [-0.39, 0.29) is 5.91 Å². The number of rotatable bonds is 3. The van der Waals surface area contributed by atoms with E-state index in [9.17, 15) is 9.59 Å². The monoisotopic (exact) mass is 261 g/mol. The van der Waals surface area contributed by atoms with Crippen molar-refractivity contribution in [2.75, 3.05) is 20.1 Å². The van der Waals surface area contributed by atoms with Crippen LogP contribution in [-0.4, -0.2) is 42.9 Å². The second-order valence-corrected chi connectivity index (χ2v) is 4.82. The van der Waals surface area contributed by atoms with Crippen LogP contribution in [0.15, 0.2) is 24.3 Å². The minimum absolute atomic E-state index is 0.0388. The minimum atomic E-state index is -0.513. The summed E-state index contributed by atoms with van der Waals surface area (Å²) in [5.41, 5.74) is 6.12. The Morgan fingerprint density at radius 3 is 2.79 bits per heavy atom. The van der Waals surface area contributed by atoms with Gasteiger partial charge in [-0.15, -0.1) is 0 Å². The van der Waals surface area contributed by atoms with Gasteiger partial charge in [-0.2, -0.15) is 0 Å². The van der Waals surface area contributed by atoms with Crippen LogP contribution < -0.4 is 11.1 Å². The number of likely N-dealkylation sites (tertiary alicyclic amines) is 1. The van der Waals surface area contributed by atoms with Crippen LogP contribution in [0.2, 0.25) is 0 Å². The van der Waals surface area contributed by atoms with Crippen molar-refractivity contribution in [3.8, 4) is 0 Å². The first-order valence-electron chi connectivity index (χ1n) is 6.48. The van der Waals surface area contributed by atoms with E-state index in [1.54, 1.807) is 24.3 Å². The van der Waals surface area contributed by atoms with Gasteiger partial charge < -0.3 is 16.0 Å². The summed E-state index contributed by atoms with van der Waals surface area (Å²) >= 11 is 0. The third kappa shape index (κ3) is 3.12. The first-order chi connectivity index (χ1) is 9.11. The molecule has 5 heteroatoms. The van der Waals surface area contributed by atoms with E-state index in [4.69, 9.17) is 5.73 Å². The number of primary amides is 1. The van der Waals surface area contributed by atoms with Gasteiger partial charge in [0.05, 0.1) is 0 Å². The number of benzene rings is 1. The number of likely N-dealkylation sites (N-methyl/N-ethyl adjacent to an activating group) is 1. The van der Waals surface area contributed by atoms with Crippen molar-refractivity contribution in [3.05, 3.63) is 35.4 Å². The van der Waals surface area contributed by atoms with E-state index in [0.717, 1.165) is 19.4 Å². The van der Waals surface area contributed by atoms with Crippen LogP contribution in [-0.2, 0) is 0 Å². The molecule has 1 aliphatic rings. The van der Waals surface area contributed by atoms with Gasteiger partial charge in [-0.3, -0.25) is 9.59 Å². The molecule has 0 saturated carbocycles. The average molecular weight is 261 g/mol. The van der Waals surface area contributed by atoms with Crippen LogP contribution in [0.4, 0.5) is 0 Å². The predicted molar refractivity (Wildman–Crippen MR) is 72.9 cm³/mol. The van der Waals surface area contributed by atoms with Crippen molar-refractivity contribution in [1.29, 1.82) is 0 Å². The average Bonchev–Trinajstić information content (AvgIpc) is 2.46. The van der Waals surface area contributed by atoms with E-state index < -0.39 is 5.91 Å². The van der Waals surface area contributed by atoms with Crippen molar-refractivity contribution in [2.45, 2.75) is 18.9 Å². The molecule has 5 nitrogen and oxygen atoms in total. The van der Waals surface area contributed by atoms with Crippen molar-refractivity contribution in [3.63, 3.8) is 0 Å². The second kappa shape index (κ2) is 5.84. The van der Waals surface area contributed by atoms with Crippen molar-refractivity contribution >= 4 is 11.8 Å². The predicted octanol–water partition coefficient (Wildman–Crippen LogP) is 0.609. The molecule has 19 heavy (non-hydrogen) atoms. The molecule has 3 N–H and O–H groups in total. The molecule has 0 bridgehead atoms. The van der Waals surface area contributed by atoms with Crippen LogP contribution in [0.1, 0.15) is 33.6 Å². The lowest BCUT2D eigenvalue weighted by molar-refractivity contribution is 0.0698. The van der Waals surface area contributed by atoms with Crippen LogP contribution >= 0.6 is 0 Å². The molecule has 2 amide bonds. The van der Waals surface area contributed by atoms with Gasteiger partial charge in [0, 0.05) is 30.3 Å². The van der Waals surface area contributed by atoms with Crippen molar-refractivity contribution in [2.24, 2.45) is 5.73 Å². The molecular weight excluding hydrogens is 242 g/mol. The number of amides is 2. The standard InChI is InChI=1S/C14H19N3O2/c1-16-12-6-3-7-17(9-12)14(19)11-5-2-4-10(8-11)13(15)18/h2,4-5,8,12,16H,3,6-7,9H2,1H3,(H2,15,18)/t12-/m0/s1. The Labute approximate surface area is 112 Å². The fraction of sp³-hybridized carbons (Fsp3) is 0.429. The van der Waals surface area contributed by atoms with Gasteiger partial charge in [0.2, 0.25) is 5.91 Å². The minimum Gasteiger partial charge on any atom is -0.366 e. The Hall–Kier alpha value is -1.88. The molecule has 1 fully saturated rings. The largest absolute Gasteiger partial charge is 0.366 e. The molecule has 0 aliphatic carbocycles. The summed E-state index contributed by atoms with van der Waals surface area (Å²) in [6.07, 6.45) is 2.08. The van der Waals surface area contributed by atoms with Gasteiger partial charge in [0.15, 0.2) is 0 Å². The summed E-state index contributed by atoms with van der Waals surface area (Å²) in [6.45, 7) is 1.47. The lowest BCUT2D eigenvalue weighted by Gasteiger charge is -2.32. The number of nitrogens with one attached hydrogen (secondary N) is 1. The number of piperidine rings is 1. The summed E-state index contributed by atoms with van der Waals surface area (Å²) in [7, 11) is 1.91. The van der Waals surface area contributed by atoms with Gasteiger partial charge in [-0.05, 0) is 38.1 Å². The number of hydrogen-bond donors (Lipinski definition) is 2. The number of carbonyl (C=O) groups excluding carboxylic acids is 2. The number of nitrogens with zero attached hydrogens (tertiary/aromatic N) is 1. The summed E-state index contributed by atoms with van der Waals surface area (Å²) in [5, 5.41) is 3.20. The van der Waals surface area contributed by atoms with Crippen LogP contribution in [0.25, 0.3) is 0 Å². The first kappa shape index (κ1) is 13.5. The molecule has 1 heterocycles. The fourth-order valence-electron chi connectivity index (χ4n) is 2.39. The summed E-state index contributed by atoms with van der Waals surface area (Å²) < 4.78 is 0. The van der Waals surface area contributed by atoms with Crippen molar-refractivity contribution in [1.82, 2.24) is 10.2 Å². The summed E-state index contributed by atoms with van der Waals surface area (Å²) in [5.74, 6) is -0.551. The summed E-state index contributed by atoms with van der Waals surface area (Å²) in [4.78, 5) is 25.3. The maximum Gasteiger partial charge on any atom is 0.253 e. The maximum absolute atomic E-state index is 12.4. The smallest absolute Gasteiger partial charge is 0.253 e. The van der Waals surface area contributed by atoms with E-state index in [2.05, 4.69) is 5.32 Å². The molecule has 2 rings (SSSR count). The lowest BCUT2D eigenvalue weighted by atomic mass is 10.0. The van der Waals surface area contributed by atoms with Gasteiger partial charge in [0.1, 0.15) is 0 Å². The Morgan fingerprint density at radius 2 is 2.11 bits per heavy atom. The molecular formula is C14H19N3O2. The Bertz CT molecular complexity index is 487. The molecule has 0 spiro atoms. The zero-order chi connectivity index (χ0) is 13.8. The number of nitrogens with two attached hydrogens (primary N) is 1. The van der Waals surface area contributed by atoms with Crippen LogP contribution in [0.5, 0.6) is 0 Å². The van der Waals surface area contributed by atoms with E-state index in [0.29, 0.717) is 23.7 Å². The summed E-state index contributed by atoms with van der Waals surface area (Å²) in [6, 6.07) is 6.93. The molecule has 1 atom stereocenters. The van der Waals surface area contributed by atoms with Crippen LogP contribution in [0.3, 0.4) is 0 Å². The maximum atomic E-state index is 12.4. The quantitative estimate of drug-likeness (QED) is 0.837. The zero-order valence-corrected chi connectivity index (χ0v) is 11.1. The third-order valence-corrected chi connectivity index (χ3v) is 3.51. The van der Waals surface area contributed by atoms with E-state index in [1.807, 2.05) is 11.9 Å². The van der Waals surface area contributed by atoms with Crippen LogP contribution in [0, 0.1) is 0 Å². The van der Waals surface area contributed by atoms with Gasteiger partial charge in [-0.1, -0.05) is 6.07 Å². The Morgan fingerprint density at radius 1 is 1.37 bits per heavy atom. The molecule has 0 unspecified atom stereocenters. The molecule has 1 aromatic carbocycles. The molecule has 1 saturated heterocycles. The Kier molecular flexibility index (Phi) is 4.16. The van der Waals surface area contributed by atoms with Gasteiger partial charge >= 0.3 is 0 Å². The molecule has 0 aromatic heterocycles. The highest BCUT2D eigenvalue weighted by atomic mass is 16.2. The fourth-order valence-corrected chi connectivity index (χ4v) is 2.39. The first-order valence-corrected chi connectivity index (χ1v) is 6.48. The highest BCUT2D eigenvalue weighted by Crippen LogP contribution is 2.14. The van der Waals surface area contributed by atoms with E-state index >= 15 is 0 Å². The highest BCUT2D eigenvalue weighted by molar-refractivity contribution is 5.99. The van der Waals surface area contributed by atoms with Gasteiger partial charge in [-0.25, -0.2) is 0 Å². The number of carbonyl (C=O) groups is 2. The topological polar surface area (TPSA) is 75.4 Å². The highest BCUT2D eigenvalue weighted by Gasteiger charge is 2.23. The third-order valence-electron chi connectivity index (χ3n) is 3.51. The van der Waals surface area contributed by atoms with Crippen molar-refractivity contribution < 1.29 is 9.59 Å². The van der Waals surface area contributed by atoms with E-state index in [1.165, 1.54) is 0 Å². The number of hydrogen-bond acceptors (Lipinski definition) is 3. The SMILES string of the molecule is CN[C@H]1CCCN(C(=O)c2cccc(C(N)=O)c2)C1. The zero-order valence-electron chi connectivity index (χ0n) is 11.1. The molecule has 1 aromatic rings.